The van der Waals surface area contributed by atoms with E-state index in [-0.39, 0.29) is 34.0 Å². The van der Waals surface area contributed by atoms with Crippen LogP contribution in [0.2, 0.25) is 0 Å². The molecule has 0 bridgehead atoms. The summed E-state index contributed by atoms with van der Waals surface area (Å²) < 4.78 is 8.43. The Balaban J connectivity index is 1.17. The standard InChI is InChI=1S/C31H33BrI4N2O/c1-22(16-29(27-8-4-5-9-31(27)39)35-36-30-19-34-33-18-28(30)32)37-20-23-12-14-38(15-13-23)21-24-10-11-25-6-2-3-7-26(25)17-24/h2-11,16-18,23,37,39H,12-15,19-21H2,1H3/q-2/b22-16+. The first-order chi connectivity index (χ1) is 19.0. The quantitative estimate of drug-likeness (QED) is 0.254. The van der Waals surface area contributed by atoms with E-state index in [2.05, 4.69) is 97.8 Å². The van der Waals surface area contributed by atoms with Crippen molar-refractivity contribution in [2.45, 2.75) is 26.3 Å². The Bertz CT molecular complexity index is 1430. The van der Waals surface area contributed by atoms with Crippen LogP contribution in [0.1, 0.15) is 30.9 Å². The van der Waals surface area contributed by atoms with Gasteiger partial charge in [-0.3, -0.25) is 0 Å². The number of likely N-dealkylation sites (tertiary alicyclic amines) is 1. The number of rotatable bonds is 9. The molecular formula is C31H33BrI4N2O-2. The Morgan fingerprint density at radius 3 is 2.69 bits per heavy atom. The summed E-state index contributed by atoms with van der Waals surface area (Å²) >= 11 is 4.53. The molecule has 3 aromatic rings. The van der Waals surface area contributed by atoms with Crippen molar-refractivity contribution in [3.05, 3.63) is 97.7 Å². The number of aromatic hydroxyl groups is 1. The summed E-state index contributed by atoms with van der Waals surface area (Å²) in [5.41, 5.74) is 3.68. The van der Waals surface area contributed by atoms with Gasteiger partial charge in [-0.15, -0.1) is 0 Å². The first-order valence-electron chi connectivity index (χ1n) is 13.1. The van der Waals surface area contributed by atoms with Crippen LogP contribution in [0.3, 0.4) is 0 Å². The minimum atomic E-state index is -0.126. The number of phenols is 1. The predicted molar refractivity (Wildman–Crippen MR) is 181 cm³/mol. The monoisotopic (exact) mass is 1040 g/mol. The Labute approximate surface area is 273 Å². The maximum absolute atomic E-state index is 10.6. The molecule has 0 radical (unpaired) electrons. The molecule has 2 heterocycles. The van der Waals surface area contributed by atoms with Crippen LogP contribution in [0.15, 0.2) is 86.6 Å². The van der Waals surface area contributed by atoms with Crippen molar-refractivity contribution in [3.63, 3.8) is 0 Å². The van der Waals surface area contributed by atoms with Gasteiger partial charge in [-0.05, 0) is 16.8 Å². The predicted octanol–water partition coefficient (Wildman–Crippen LogP) is 1.84. The second-order valence-electron chi connectivity index (χ2n) is 9.80. The van der Waals surface area contributed by atoms with E-state index in [1.807, 2.05) is 12.1 Å². The van der Waals surface area contributed by atoms with Crippen LogP contribution in [-0.4, -0.2) is 41.6 Å². The van der Waals surface area contributed by atoms with Crippen LogP contribution in [0.25, 0.3) is 10.8 Å². The molecule has 2 N–H and O–H groups in total. The zero-order valence-corrected chi connectivity index (χ0v) is 32.0. The molecule has 0 atom stereocenters. The molecule has 0 saturated carbocycles. The van der Waals surface area contributed by atoms with Gasteiger partial charge in [-0.25, -0.2) is 0 Å². The molecule has 0 aliphatic carbocycles. The summed E-state index contributed by atoms with van der Waals surface area (Å²) in [6.07, 6.45) is 4.83. The van der Waals surface area contributed by atoms with Gasteiger partial charge in [0.1, 0.15) is 0 Å². The number of nitrogens with one attached hydrogen (secondary N) is 1. The third-order valence-electron chi connectivity index (χ3n) is 6.92. The molecule has 210 valence electrons. The van der Waals surface area contributed by atoms with Gasteiger partial charge in [0.05, 0.1) is 0 Å². The number of piperidine rings is 1. The summed E-state index contributed by atoms with van der Waals surface area (Å²) in [6, 6.07) is 23.4. The zero-order valence-electron chi connectivity index (χ0n) is 21.8. The summed E-state index contributed by atoms with van der Waals surface area (Å²) in [6.45, 7) is 6.62. The first-order valence-corrected chi connectivity index (χ1v) is 31.3. The first kappa shape index (κ1) is 30.6. The molecule has 0 spiro atoms. The van der Waals surface area contributed by atoms with Gasteiger partial charge < -0.3 is 0 Å². The second-order valence-corrected chi connectivity index (χ2v) is 28.9. The molecule has 3 aromatic carbocycles. The Morgan fingerprint density at radius 1 is 1.13 bits per heavy atom. The Morgan fingerprint density at radius 2 is 1.90 bits per heavy atom. The van der Waals surface area contributed by atoms with E-state index in [0.717, 1.165) is 18.7 Å². The van der Waals surface area contributed by atoms with Crippen molar-refractivity contribution >= 4 is 67.7 Å². The number of fused-ring (bicyclic) bond motifs is 1. The van der Waals surface area contributed by atoms with E-state index in [1.165, 1.54) is 60.4 Å². The number of para-hydroxylation sites is 1. The molecular weight excluding hydrogens is 1000 g/mol. The summed E-state index contributed by atoms with van der Waals surface area (Å²) in [5.74, 6) is 1.13. The average molecular weight is 1040 g/mol. The molecule has 0 unspecified atom stereocenters. The fraction of sp³-hybridized carbons (Fsp3) is 0.290. The molecule has 1 saturated heterocycles. The SMILES string of the molecule is C/C(=C\C(=I[I-]C1=C(Br)C=I[I-]C1)c1ccccc1O)NCC1CCN(Cc2ccc3ccccc3c2)CC1. The van der Waals surface area contributed by atoms with E-state index < -0.39 is 0 Å². The van der Waals surface area contributed by atoms with Crippen LogP contribution in [0.5, 0.6) is 5.75 Å². The summed E-state index contributed by atoms with van der Waals surface area (Å²) in [4.78, 5) is 2.61. The van der Waals surface area contributed by atoms with Crippen molar-refractivity contribution < 1.29 is 39.6 Å². The third kappa shape index (κ3) is 9.04. The number of nitrogens with zero attached hydrogens (tertiary/aromatic N) is 1. The molecule has 3 nitrogen and oxygen atoms in total. The molecule has 8 heteroatoms. The molecule has 0 amide bonds. The van der Waals surface area contributed by atoms with Crippen molar-refractivity contribution in [3.8, 4) is 5.75 Å². The van der Waals surface area contributed by atoms with E-state index in [1.54, 1.807) is 3.58 Å². The van der Waals surface area contributed by atoms with Gasteiger partial charge in [-0.1, -0.05) is 36.4 Å². The second kappa shape index (κ2) is 15.5. The summed E-state index contributed by atoms with van der Waals surface area (Å²) in [5, 5.41) is 17.1. The Hall–Kier alpha value is 0.100. The van der Waals surface area contributed by atoms with Gasteiger partial charge in [0.2, 0.25) is 0 Å². The van der Waals surface area contributed by atoms with Gasteiger partial charge in [0.25, 0.3) is 0 Å². The number of alkyl halides is 1. The number of phenolic OH excluding ortho intramolecular Hbond substituents is 1. The third-order valence-corrected chi connectivity index (χ3v) is 29.3. The van der Waals surface area contributed by atoms with Crippen molar-refractivity contribution in [2.24, 2.45) is 5.92 Å². The van der Waals surface area contributed by atoms with Gasteiger partial charge in [0.15, 0.2) is 0 Å². The van der Waals surface area contributed by atoms with E-state index in [4.69, 9.17) is 0 Å². The van der Waals surface area contributed by atoms with Crippen LogP contribution >= 0.6 is 49.4 Å². The van der Waals surface area contributed by atoms with Gasteiger partial charge in [0, 0.05) is 0 Å². The molecule has 2 aliphatic heterocycles. The minimum absolute atomic E-state index is 0.0235. The zero-order chi connectivity index (χ0) is 27.0. The number of hydrogen-bond donors (Lipinski definition) is 2. The number of hydrogen-bond acceptors (Lipinski definition) is 3. The number of benzene rings is 3. The molecule has 39 heavy (non-hydrogen) atoms. The summed E-state index contributed by atoms with van der Waals surface area (Å²) in [7, 11) is 0. The number of allylic oxidation sites excluding steroid dienone is 4. The van der Waals surface area contributed by atoms with Crippen molar-refractivity contribution in [1.82, 2.24) is 10.2 Å². The van der Waals surface area contributed by atoms with Crippen LogP contribution in [0.4, 0.5) is 0 Å². The van der Waals surface area contributed by atoms with Crippen LogP contribution in [-0.2, 0) is 6.54 Å². The van der Waals surface area contributed by atoms with E-state index in [9.17, 15) is 5.11 Å². The fourth-order valence-electron chi connectivity index (χ4n) is 4.70. The topological polar surface area (TPSA) is 35.5 Å². The molecule has 2 aliphatic rings. The fourth-order valence-corrected chi connectivity index (χ4v) is 37.8. The van der Waals surface area contributed by atoms with E-state index >= 15 is 0 Å². The Kier molecular flexibility index (Phi) is 12.2. The molecule has 1 fully saturated rings. The molecule has 0 aromatic heterocycles. The normalized spacial score (nSPS) is 18.4. The van der Waals surface area contributed by atoms with Crippen LogP contribution < -0.4 is 39.8 Å². The van der Waals surface area contributed by atoms with Crippen molar-refractivity contribution in [1.29, 1.82) is 0 Å². The maximum atomic E-state index is 10.6. The number of halogens is 5. The van der Waals surface area contributed by atoms with Gasteiger partial charge >= 0.3 is 224 Å². The molecule has 5 rings (SSSR count). The van der Waals surface area contributed by atoms with Crippen LogP contribution in [0, 0.1) is 5.92 Å². The van der Waals surface area contributed by atoms with Gasteiger partial charge in [-0.2, -0.15) is 0 Å². The van der Waals surface area contributed by atoms with E-state index in [0.29, 0.717) is 45.7 Å². The average Bonchev–Trinajstić information content (AvgIpc) is 2.96. The van der Waals surface area contributed by atoms with Crippen molar-refractivity contribution in [2.75, 3.05) is 24.1 Å².